The predicted molar refractivity (Wildman–Crippen MR) is 101 cm³/mol. The molecule has 2 N–H and O–H groups in total. The van der Waals surface area contributed by atoms with E-state index >= 15 is 0 Å². The lowest BCUT2D eigenvalue weighted by molar-refractivity contribution is -0.671. The van der Waals surface area contributed by atoms with E-state index in [1.54, 1.807) is 24.0 Å². The SMILES string of the molecule is C=CC(=O)CCCNC(=O)c1cc(C(=O)NCCCC(=O)C=C)c[n+](C)c1.[I-]. The highest BCUT2D eigenvalue weighted by molar-refractivity contribution is 5.98. The first-order chi connectivity index (χ1) is 12.9. The van der Waals surface area contributed by atoms with E-state index in [1.807, 2.05) is 0 Å². The molecule has 0 spiro atoms. The summed E-state index contributed by atoms with van der Waals surface area (Å²) in [7, 11) is 1.72. The second-order valence-electron chi connectivity index (χ2n) is 6.04. The zero-order valence-corrected chi connectivity index (χ0v) is 18.2. The summed E-state index contributed by atoms with van der Waals surface area (Å²) in [6.07, 6.45) is 7.45. The van der Waals surface area contributed by atoms with Gasteiger partial charge >= 0.3 is 0 Å². The number of halogens is 1. The first kappa shape index (κ1) is 25.6. The molecule has 152 valence electrons. The third-order valence-corrected chi connectivity index (χ3v) is 3.75. The average Bonchev–Trinajstić information content (AvgIpc) is 2.67. The smallest absolute Gasteiger partial charge is 0.257 e. The molecule has 1 rings (SSSR count). The summed E-state index contributed by atoms with van der Waals surface area (Å²) in [4.78, 5) is 46.8. The van der Waals surface area contributed by atoms with Crippen LogP contribution < -0.4 is 39.2 Å². The van der Waals surface area contributed by atoms with Crippen molar-refractivity contribution < 1.29 is 47.7 Å². The largest absolute Gasteiger partial charge is 1.00 e. The van der Waals surface area contributed by atoms with Crippen molar-refractivity contribution in [1.29, 1.82) is 0 Å². The Balaban J connectivity index is 0.00000729. The fourth-order valence-corrected chi connectivity index (χ4v) is 2.30. The third-order valence-electron chi connectivity index (χ3n) is 3.75. The van der Waals surface area contributed by atoms with Gasteiger partial charge in [-0.2, -0.15) is 0 Å². The minimum absolute atomic E-state index is 0. The number of hydrogen-bond donors (Lipinski definition) is 2. The summed E-state index contributed by atoms with van der Waals surface area (Å²) < 4.78 is 1.63. The second-order valence-corrected chi connectivity index (χ2v) is 6.04. The van der Waals surface area contributed by atoms with Gasteiger partial charge in [-0.15, -0.1) is 0 Å². The lowest BCUT2D eigenvalue weighted by Crippen LogP contribution is -3.00. The Morgan fingerprint density at radius 3 is 1.64 bits per heavy atom. The molecule has 8 heteroatoms. The van der Waals surface area contributed by atoms with Gasteiger partial charge in [-0.25, -0.2) is 4.57 Å². The van der Waals surface area contributed by atoms with Crippen LogP contribution in [0.25, 0.3) is 0 Å². The fraction of sp³-hybridized carbons (Fsp3) is 0.350. The molecule has 0 unspecified atom stereocenters. The molecule has 0 saturated carbocycles. The maximum Gasteiger partial charge on any atom is 0.257 e. The highest BCUT2D eigenvalue weighted by Crippen LogP contribution is 2.03. The highest BCUT2D eigenvalue weighted by Gasteiger charge is 2.16. The van der Waals surface area contributed by atoms with Crippen molar-refractivity contribution in [2.24, 2.45) is 7.05 Å². The monoisotopic (exact) mass is 499 g/mol. The maximum atomic E-state index is 12.2. The number of pyridine rings is 1. The van der Waals surface area contributed by atoms with Gasteiger partial charge in [0.05, 0.1) is 0 Å². The Bertz CT molecular complexity index is 689. The minimum Gasteiger partial charge on any atom is -1.00 e. The Kier molecular flexibility index (Phi) is 12.6. The molecule has 0 radical (unpaired) electrons. The summed E-state index contributed by atoms with van der Waals surface area (Å²) in [5.41, 5.74) is 0.698. The molecule has 28 heavy (non-hydrogen) atoms. The molecule has 0 fully saturated rings. The lowest BCUT2D eigenvalue weighted by Gasteiger charge is -2.06. The summed E-state index contributed by atoms with van der Waals surface area (Å²) in [5.74, 6) is -0.765. The van der Waals surface area contributed by atoms with Crippen LogP contribution in [0.15, 0.2) is 43.8 Å². The van der Waals surface area contributed by atoms with Crippen LogP contribution in [-0.4, -0.2) is 36.5 Å². The molecule has 0 aliphatic carbocycles. The number of nitrogens with one attached hydrogen (secondary N) is 2. The number of aryl methyl sites for hydroxylation is 1. The number of carbonyl (C=O) groups excluding carboxylic acids is 4. The van der Waals surface area contributed by atoms with E-state index in [1.165, 1.54) is 18.2 Å². The summed E-state index contributed by atoms with van der Waals surface area (Å²) >= 11 is 0. The molecule has 0 aliphatic heterocycles. The van der Waals surface area contributed by atoms with E-state index in [0.29, 0.717) is 49.9 Å². The van der Waals surface area contributed by atoms with Gasteiger partial charge in [0.2, 0.25) is 0 Å². The molecule has 0 saturated heterocycles. The van der Waals surface area contributed by atoms with Gasteiger partial charge in [0.25, 0.3) is 11.8 Å². The van der Waals surface area contributed by atoms with E-state index in [4.69, 9.17) is 0 Å². The molecule has 0 atom stereocenters. The number of amides is 2. The molecule has 1 aromatic rings. The van der Waals surface area contributed by atoms with Crippen LogP contribution in [0.2, 0.25) is 0 Å². The zero-order chi connectivity index (χ0) is 20.2. The maximum absolute atomic E-state index is 12.2. The van der Waals surface area contributed by atoms with Crippen LogP contribution in [0.3, 0.4) is 0 Å². The summed E-state index contributed by atoms with van der Waals surface area (Å²) in [6.45, 7) is 7.51. The lowest BCUT2D eigenvalue weighted by atomic mass is 10.1. The van der Waals surface area contributed by atoms with Crippen molar-refractivity contribution in [1.82, 2.24) is 10.6 Å². The molecule has 1 heterocycles. The molecule has 2 amide bonds. The van der Waals surface area contributed by atoms with E-state index in [9.17, 15) is 19.2 Å². The molecular formula is C20H26IN3O4. The quantitative estimate of drug-likeness (QED) is 0.151. The zero-order valence-electron chi connectivity index (χ0n) is 16.0. The molecule has 1 aromatic heterocycles. The first-order valence-corrected chi connectivity index (χ1v) is 8.74. The van der Waals surface area contributed by atoms with Crippen molar-refractivity contribution in [2.75, 3.05) is 13.1 Å². The van der Waals surface area contributed by atoms with E-state index < -0.39 is 0 Å². The van der Waals surface area contributed by atoms with Gasteiger partial charge in [-0.1, -0.05) is 13.2 Å². The van der Waals surface area contributed by atoms with Crippen LogP contribution >= 0.6 is 0 Å². The van der Waals surface area contributed by atoms with Gasteiger partial charge in [0.15, 0.2) is 24.0 Å². The van der Waals surface area contributed by atoms with Crippen LogP contribution in [-0.2, 0) is 16.6 Å². The summed E-state index contributed by atoms with van der Waals surface area (Å²) in [5, 5.41) is 5.45. The fourth-order valence-electron chi connectivity index (χ4n) is 2.30. The molecule has 0 aromatic carbocycles. The Morgan fingerprint density at radius 2 is 1.29 bits per heavy atom. The minimum atomic E-state index is -0.317. The number of nitrogens with zero attached hydrogens (tertiary/aromatic N) is 1. The highest BCUT2D eigenvalue weighted by atomic mass is 127. The first-order valence-electron chi connectivity index (χ1n) is 8.74. The Labute approximate surface area is 182 Å². The topological polar surface area (TPSA) is 96.2 Å². The van der Waals surface area contributed by atoms with Gasteiger partial charge in [-0.05, 0) is 31.1 Å². The summed E-state index contributed by atoms with van der Waals surface area (Å²) in [6, 6.07) is 1.51. The standard InChI is InChI=1S/C20H25N3O4.HI/c1-4-17(24)8-6-10-21-19(26)15-12-16(14-23(3)13-15)20(27)22-11-7-9-18(25)5-2;/h4-5,12-14H,1-2,6-11H2,3H3,(H-,21,22,26,27);1H. The van der Waals surface area contributed by atoms with Crippen LogP contribution in [0.5, 0.6) is 0 Å². The molecular weight excluding hydrogens is 473 g/mol. The number of allylic oxidation sites excluding steroid dienone is 2. The number of carbonyl (C=O) groups is 4. The van der Waals surface area contributed by atoms with Gasteiger partial charge < -0.3 is 34.6 Å². The van der Waals surface area contributed by atoms with Crippen molar-refractivity contribution in [3.05, 3.63) is 54.9 Å². The average molecular weight is 499 g/mol. The van der Waals surface area contributed by atoms with Crippen LogP contribution in [0, 0.1) is 0 Å². The third kappa shape index (κ3) is 9.54. The van der Waals surface area contributed by atoms with Gasteiger partial charge in [0, 0.05) is 25.9 Å². The van der Waals surface area contributed by atoms with Gasteiger partial charge in [-0.3, -0.25) is 19.2 Å². The van der Waals surface area contributed by atoms with Gasteiger partial charge in [0.1, 0.15) is 18.2 Å². The number of hydrogen-bond acceptors (Lipinski definition) is 4. The van der Waals surface area contributed by atoms with E-state index in [0.717, 1.165) is 0 Å². The van der Waals surface area contributed by atoms with Crippen molar-refractivity contribution in [2.45, 2.75) is 25.7 Å². The Morgan fingerprint density at radius 1 is 0.893 bits per heavy atom. The normalized spacial score (nSPS) is 9.61. The van der Waals surface area contributed by atoms with Crippen LogP contribution in [0.1, 0.15) is 46.4 Å². The van der Waals surface area contributed by atoms with Crippen molar-refractivity contribution in [3.8, 4) is 0 Å². The number of aromatic nitrogens is 1. The molecule has 0 aliphatic rings. The van der Waals surface area contributed by atoms with E-state index in [-0.39, 0.29) is 47.4 Å². The molecule has 0 bridgehead atoms. The second kappa shape index (κ2) is 13.8. The van der Waals surface area contributed by atoms with Crippen molar-refractivity contribution in [3.63, 3.8) is 0 Å². The van der Waals surface area contributed by atoms with E-state index in [2.05, 4.69) is 23.8 Å². The molecule has 7 nitrogen and oxygen atoms in total. The van der Waals surface area contributed by atoms with Crippen molar-refractivity contribution >= 4 is 23.4 Å². The van der Waals surface area contributed by atoms with Crippen LogP contribution in [0.4, 0.5) is 0 Å². The Hall–Kier alpha value is -2.36. The predicted octanol–water partition coefficient (Wildman–Crippen LogP) is -1.95. The number of rotatable bonds is 12. The number of ketones is 2.